The van der Waals surface area contributed by atoms with Crippen molar-refractivity contribution in [3.05, 3.63) is 35.4 Å². The fourth-order valence-electron chi connectivity index (χ4n) is 2.68. The maximum absolute atomic E-state index is 12.1. The Labute approximate surface area is 138 Å². The third kappa shape index (κ3) is 5.52. The molecule has 0 spiro atoms. The lowest BCUT2D eigenvalue weighted by Crippen LogP contribution is -2.50. The number of hydrogen-bond acceptors (Lipinski definition) is 3. The molecule has 1 fully saturated rings. The Hall–Kier alpha value is -1.59. The number of urea groups is 1. The number of ether oxygens (including phenoxy) is 1. The van der Waals surface area contributed by atoms with Gasteiger partial charge in [0.05, 0.1) is 25.9 Å². The maximum Gasteiger partial charge on any atom is 0.317 e. The third-order valence-corrected chi connectivity index (χ3v) is 4.19. The average molecular weight is 320 g/mol. The number of benzene rings is 1. The van der Waals surface area contributed by atoms with Crippen LogP contribution in [-0.4, -0.2) is 55.0 Å². The van der Waals surface area contributed by atoms with Crippen molar-refractivity contribution in [2.45, 2.75) is 38.7 Å². The molecular weight excluding hydrogens is 292 g/mol. The summed E-state index contributed by atoms with van der Waals surface area (Å²) in [6.07, 6.45) is 1.62. The zero-order chi connectivity index (χ0) is 16.7. The van der Waals surface area contributed by atoms with Crippen LogP contribution in [0.3, 0.4) is 0 Å². The van der Waals surface area contributed by atoms with Gasteiger partial charge in [0, 0.05) is 13.1 Å². The van der Waals surface area contributed by atoms with E-state index >= 15 is 0 Å². The van der Waals surface area contributed by atoms with E-state index in [1.807, 2.05) is 0 Å². The molecule has 1 aliphatic heterocycles. The molecule has 0 aromatic heterocycles. The van der Waals surface area contributed by atoms with Crippen molar-refractivity contribution in [1.82, 2.24) is 10.2 Å². The summed E-state index contributed by atoms with van der Waals surface area (Å²) < 4.78 is 5.35. The van der Waals surface area contributed by atoms with Crippen LogP contribution < -0.4 is 5.32 Å². The predicted octanol–water partition coefficient (Wildman–Crippen LogP) is 2.15. The fraction of sp³-hybridized carbons (Fsp3) is 0.611. The molecule has 0 bridgehead atoms. The van der Waals surface area contributed by atoms with E-state index in [0.29, 0.717) is 32.2 Å². The second-order valence-corrected chi connectivity index (χ2v) is 6.35. The molecule has 1 atom stereocenters. The summed E-state index contributed by atoms with van der Waals surface area (Å²) in [4.78, 5) is 13.8. The molecule has 128 valence electrons. The molecule has 1 aromatic rings. The first kappa shape index (κ1) is 17.8. The molecule has 5 heteroatoms. The lowest BCUT2D eigenvalue weighted by Gasteiger charge is -2.32. The largest absolute Gasteiger partial charge is 0.394 e. The number of morpholine rings is 1. The van der Waals surface area contributed by atoms with E-state index in [1.165, 1.54) is 11.1 Å². The highest BCUT2D eigenvalue weighted by molar-refractivity contribution is 5.74. The summed E-state index contributed by atoms with van der Waals surface area (Å²) in [5.74, 6) is 0.555. The van der Waals surface area contributed by atoms with Gasteiger partial charge in [0.1, 0.15) is 0 Å². The van der Waals surface area contributed by atoms with Gasteiger partial charge in [-0.25, -0.2) is 4.79 Å². The van der Waals surface area contributed by atoms with Crippen LogP contribution in [0.15, 0.2) is 24.3 Å². The van der Waals surface area contributed by atoms with Crippen molar-refractivity contribution in [2.24, 2.45) is 0 Å². The minimum absolute atomic E-state index is 0.0455. The molecule has 2 amide bonds. The summed E-state index contributed by atoms with van der Waals surface area (Å²) in [6.45, 7) is 6.52. The number of nitrogens with one attached hydrogen (secondary N) is 1. The summed E-state index contributed by atoms with van der Waals surface area (Å²) >= 11 is 0. The van der Waals surface area contributed by atoms with E-state index in [-0.39, 0.29) is 18.7 Å². The first-order valence-electron chi connectivity index (χ1n) is 8.44. The van der Waals surface area contributed by atoms with Crippen LogP contribution in [0.5, 0.6) is 0 Å². The van der Waals surface area contributed by atoms with Crippen molar-refractivity contribution in [1.29, 1.82) is 0 Å². The van der Waals surface area contributed by atoms with Crippen molar-refractivity contribution >= 4 is 6.03 Å². The minimum Gasteiger partial charge on any atom is -0.394 e. The molecule has 2 rings (SSSR count). The number of carbonyl (C=O) groups excluding carboxylic acids is 1. The second kappa shape index (κ2) is 8.89. The highest BCUT2D eigenvalue weighted by Gasteiger charge is 2.23. The van der Waals surface area contributed by atoms with E-state index in [2.05, 4.69) is 43.4 Å². The smallest absolute Gasteiger partial charge is 0.317 e. The van der Waals surface area contributed by atoms with Gasteiger partial charge in [0.25, 0.3) is 0 Å². The van der Waals surface area contributed by atoms with Gasteiger partial charge in [-0.05, 0) is 29.9 Å². The molecule has 23 heavy (non-hydrogen) atoms. The zero-order valence-electron chi connectivity index (χ0n) is 14.1. The number of aryl methyl sites for hydroxylation is 1. The molecule has 2 N–H and O–H groups in total. The highest BCUT2D eigenvalue weighted by Crippen LogP contribution is 2.15. The molecule has 0 unspecified atom stereocenters. The van der Waals surface area contributed by atoms with E-state index in [1.54, 1.807) is 4.90 Å². The molecular formula is C18H28N2O3. The van der Waals surface area contributed by atoms with Crippen LogP contribution in [0.1, 0.15) is 37.3 Å². The average Bonchev–Trinajstić information content (AvgIpc) is 2.59. The Kier molecular flexibility index (Phi) is 6.86. The Bertz CT molecular complexity index is 488. The normalized spacial score (nSPS) is 18.3. The van der Waals surface area contributed by atoms with E-state index in [0.717, 1.165) is 12.8 Å². The summed E-state index contributed by atoms with van der Waals surface area (Å²) in [7, 11) is 0. The molecule has 0 aliphatic carbocycles. The Morgan fingerprint density at radius 1 is 1.39 bits per heavy atom. The lowest BCUT2D eigenvalue weighted by atomic mass is 10.0. The summed E-state index contributed by atoms with van der Waals surface area (Å²) in [5.41, 5.74) is 2.66. The predicted molar refractivity (Wildman–Crippen MR) is 90.6 cm³/mol. The lowest BCUT2D eigenvalue weighted by molar-refractivity contribution is -0.0402. The molecule has 1 aliphatic rings. The standard InChI is InChI=1S/C18H28N2O3/c1-14(2)16-7-5-15(6-8-16)4-3-9-19-18(22)20-10-11-23-17(12-20)13-21/h5-8,14,17,21H,3-4,9-13H2,1-2H3,(H,19,22)/t17-/m1/s1. The van der Waals surface area contributed by atoms with Gasteiger partial charge in [-0.15, -0.1) is 0 Å². The van der Waals surface area contributed by atoms with Gasteiger partial charge in [-0.1, -0.05) is 38.1 Å². The molecule has 1 heterocycles. The minimum atomic E-state index is -0.256. The van der Waals surface area contributed by atoms with Gasteiger partial charge >= 0.3 is 6.03 Å². The van der Waals surface area contributed by atoms with Gasteiger partial charge in [-0.2, -0.15) is 0 Å². The van der Waals surface area contributed by atoms with Gasteiger partial charge < -0.3 is 20.1 Å². The quantitative estimate of drug-likeness (QED) is 0.790. The van der Waals surface area contributed by atoms with E-state index < -0.39 is 0 Å². The van der Waals surface area contributed by atoms with Crippen molar-refractivity contribution in [2.75, 3.05) is 32.8 Å². The van der Waals surface area contributed by atoms with Crippen LogP contribution in [0.2, 0.25) is 0 Å². The monoisotopic (exact) mass is 320 g/mol. The number of hydrogen-bond donors (Lipinski definition) is 2. The van der Waals surface area contributed by atoms with Crippen LogP contribution in [0.4, 0.5) is 4.79 Å². The highest BCUT2D eigenvalue weighted by atomic mass is 16.5. The Balaban J connectivity index is 1.67. The fourth-order valence-corrected chi connectivity index (χ4v) is 2.68. The summed E-state index contributed by atoms with van der Waals surface area (Å²) in [5, 5.41) is 12.0. The van der Waals surface area contributed by atoms with Gasteiger partial charge in [0.2, 0.25) is 0 Å². The van der Waals surface area contributed by atoms with Crippen LogP contribution >= 0.6 is 0 Å². The Morgan fingerprint density at radius 3 is 2.78 bits per heavy atom. The molecule has 0 saturated carbocycles. The zero-order valence-corrected chi connectivity index (χ0v) is 14.1. The molecule has 0 radical (unpaired) electrons. The number of aliphatic hydroxyl groups excluding tert-OH is 1. The molecule has 1 aromatic carbocycles. The number of amides is 2. The number of carbonyl (C=O) groups is 1. The SMILES string of the molecule is CC(C)c1ccc(CCCNC(=O)N2CCO[C@@H](CO)C2)cc1. The van der Waals surface area contributed by atoms with Gasteiger partial charge in [0.15, 0.2) is 0 Å². The van der Waals surface area contributed by atoms with Crippen molar-refractivity contribution in [3.8, 4) is 0 Å². The van der Waals surface area contributed by atoms with Gasteiger partial charge in [-0.3, -0.25) is 0 Å². The van der Waals surface area contributed by atoms with Crippen molar-refractivity contribution < 1.29 is 14.6 Å². The maximum atomic E-state index is 12.1. The van der Waals surface area contributed by atoms with E-state index in [4.69, 9.17) is 9.84 Å². The summed E-state index contributed by atoms with van der Waals surface area (Å²) in [6, 6.07) is 8.64. The first-order chi connectivity index (χ1) is 11.1. The topological polar surface area (TPSA) is 61.8 Å². The van der Waals surface area contributed by atoms with Crippen molar-refractivity contribution in [3.63, 3.8) is 0 Å². The first-order valence-corrected chi connectivity index (χ1v) is 8.44. The molecule has 1 saturated heterocycles. The Morgan fingerprint density at radius 2 is 2.13 bits per heavy atom. The van der Waals surface area contributed by atoms with Crippen LogP contribution in [0, 0.1) is 0 Å². The number of rotatable bonds is 6. The number of nitrogens with zero attached hydrogens (tertiary/aromatic N) is 1. The third-order valence-electron chi connectivity index (χ3n) is 4.19. The molecule has 5 nitrogen and oxygen atoms in total. The van der Waals surface area contributed by atoms with E-state index in [9.17, 15) is 4.79 Å². The van der Waals surface area contributed by atoms with Crippen LogP contribution in [-0.2, 0) is 11.2 Å². The number of aliphatic hydroxyl groups is 1. The second-order valence-electron chi connectivity index (χ2n) is 6.35. The van der Waals surface area contributed by atoms with Crippen LogP contribution in [0.25, 0.3) is 0 Å².